The van der Waals surface area contributed by atoms with Crippen molar-refractivity contribution in [2.45, 2.75) is 247 Å². The minimum Gasteiger partial charge on any atom is -0.481 e. The lowest BCUT2D eigenvalue weighted by molar-refractivity contribution is -0.144. The standard InChI is InChI=1S/C94H124N10O26S4/c1-7-9-44-102(8-2)64-34-37-68-69(93(3,4)5)53-66(130-78(68)52-64)30-22-31-80-94(6,70-54-67(134(126,127)128)36-39-75(70)103(80)45-24-47-133(123,124)125)42-23-33-81(109)96-43-46-104-84(111)56-79(89(104)118)132-58-63(90(119)120)51-77(108)74(55-86(114)115)99-88(117)71(95)57-97-87(116)62(48-60-25-16-14-17-26-60)50-76(107)73(49-61-27-18-15-19-28-61)98-82(110)32-21-13-11-10-12-20-29-65(106)35-38-72(91(121)122)100-92(131)101-83(129-59-105)40-41-85(112)113/h14-19,22,25-28,30-31,34,36-37,39,52-54,59,62-63,71-74,79,83H,7-13,20-21,23-24,29,32-33,35,38,40-51,55-58,95H2,1-6H3,(H11-,96,97,98,99,100,101,109,110,112,113,114,115,116,117,119,120,121,122,123,124,125,126,127,128,131)/p+1/b30-22+,80-31-/t62-,63+,71+,72+,73+,74+,79?,83-,94?/m1/s1. The first-order chi connectivity index (χ1) is 63.4. The number of carboxylic acids is 4. The molecule has 1 aromatic heterocycles. The Morgan fingerprint density at radius 3 is 1.94 bits per heavy atom. The molecule has 2 aliphatic heterocycles. The molecule has 9 atom stereocenters. The van der Waals surface area contributed by atoms with Crippen molar-refractivity contribution in [3.8, 4) is 0 Å². The van der Waals surface area contributed by atoms with Gasteiger partial charge in [-0.1, -0.05) is 127 Å². The van der Waals surface area contributed by atoms with E-state index in [1.165, 1.54) is 18.2 Å². The Labute approximate surface area is 789 Å². The summed E-state index contributed by atoms with van der Waals surface area (Å²) in [5.41, 5.74) is 10.3. The number of carbonyl (C=O) groups is 14. The molecule has 134 heavy (non-hydrogen) atoms. The molecule has 1 fully saturated rings. The van der Waals surface area contributed by atoms with Gasteiger partial charge in [0, 0.05) is 137 Å². The smallest absolute Gasteiger partial charge is 0.363 e. The summed E-state index contributed by atoms with van der Waals surface area (Å²) in [4.78, 5) is 187. The third-order valence-electron chi connectivity index (χ3n) is 23.3. The predicted octanol–water partition coefficient (Wildman–Crippen LogP) is 9.34. The van der Waals surface area contributed by atoms with Crippen LogP contribution < -0.4 is 47.4 Å². The summed E-state index contributed by atoms with van der Waals surface area (Å²) in [6, 6.07) is 23.8. The molecule has 3 heterocycles. The summed E-state index contributed by atoms with van der Waals surface area (Å²) in [5, 5.41) is 54.0. The number of nitrogens with one attached hydrogen (secondary N) is 6. The number of fused-ring (bicyclic) bond motifs is 2. The van der Waals surface area contributed by atoms with Gasteiger partial charge in [0.1, 0.15) is 17.9 Å². The molecular formula is C94H125N10O26S4+. The average molecular weight is 1940 g/mol. The van der Waals surface area contributed by atoms with Gasteiger partial charge in [0.25, 0.3) is 26.7 Å². The largest absolute Gasteiger partial charge is 0.481 e. The fraction of sp³-hybridized carbons (Fsp3) is 0.511. The monoisotopic (exact) mass is 1940 g/mol. The number of thiocarbonyl (C=S) groups is 1. The molecule has 2 unspecified atom stereocenters. The molecular weight excluding hydrogens is 1810 g/mol. The van der Waals surface area contributed by atoms with Gasteiger partial charge in [-0.15, -0.1) is 11.8 Å². The topological polar surface area (TPSA) is 557 Å². The van der Waals surface area contributed by atoms with Crippen LogP contribution in [0.4, 0.5) is 11.4 Å². The van der Waals surface area contributed by atoms with E-state index in [1.807, 2.05) is 19.1 Å². The van der Waals surface area contributed by atoms with Crippen molar-refractivity contribution in [3.05, 3.63) is 149 Å². The van der Waals surface area contributed by atoms with Crippen molar-refractivity contribution in [2.24, 2.45) is 17.6 Å². The van der Waals surface area contributed by atoms with E-state index in [1.54, 1.807) is 83.8 Å². The van der Waals surface area contributed by atoms with Crippen LogP contribution in [0.3, 0.4) is 0 Å². The summed E-state index contributed by atoms with van der Waals surface area (Å²) >= 11 is 5.88. The maximum atomic E-state index is 14.5. The lowest BCUT2D eigenvalue weighted by Gasteiger charge is -2.30. The van der Waals surface area contributed by atoms with Gasteiger partial charge in [-0.2, -0.15) is 16.8 Å². The Hall–Kier alpha value is -11.4. The highest BCUT2D eigenvalue weighted by Gasteiger charge is 2.45. The summed E-state index contributed by atoms with van der Waals surface area (Å²) in [6.45, 7) is 13.0. The van der Waals surface area contributed by atoms with Crippen molar-refractivity contribution < 1.29 is 123 Å². The number of carbonyl (C=O) groups excluding carboxylic acids is 10. The fourth-order valence-electron chi connectivity index (χ4n) is 16.0. The zero-order valence-electron chi connectivity index (χ0n) is 76.3. The molecule has 7 rings (SSSR count). The van der Waals surface area contributed by atoms with Gasteiger partial charge in [0.15, 0.2) is 22.9 Å². The van der Waals surface area contributed by atoms with Crippen LogP contribution in [-0.4, -0.2) is 226 Å². The molecule has 40 heteroatoms. The fourth-order valence-corrected chi connectivity index (χ4v) is 18.5. The average Bonchev–Trinajstić information content (AvgIpc) is 1.57. The number of imide groups is 1. The van der Waals surface area contributed by atoms with Crippen molar-refractivity contribution in [3.63, 3.8) is 0 Å². The first kappa shape index (κ1) is 110. The predicted molar refractivity (Wildman–Crippen MR) is 506 cm³/mol. The van der Waals surface area contributed by atoms with Gasteiger partial charge in [0.05, 0.1) is 58.2 Å². The third-order valence-corrected chi connectivity index (χ3v) is 26.5. The number of benzene rings is 4. The van der Waals surface area contributed by atoms with Gasteiger partial charge in [-0.05, 0) is 148 Å². The van der Waals surface area contributed by atoms with Crippen molar-refractivity contribution in [2.75, 3.05) is 60.6 Å². The number of hydrogen-bond donors (Lipinski definition) is 13. The maximum absolute atomic E-state index is 14.5. The zero-order valence-corrected chi connectivity index (χ0v) is 79.5. The van der Waals surface area contributed by atoms with Gasteiger partial charge in [-0.3, -0.25) is 76.3 Å². The molecule has 0 radical (unpaired) electrons. The zero-order chi connectivity index (χ0) is 98.6. The molecule has 0 aliphatic carbocycles. The molecule has 0 spiro atoms. The number of Topliss-reactive ketones (excluding diaryl/α,β-unsaturated/α-hetero) is 3. The highest BCUT2D eigenvalue weighted by Crippen LogP contribution is 2.52. The molecule has 0 saturated carbocycles. The molecule has 14 N–H and O–H groups in total. The number of likely N-dealkylation sites (tertiary alicyclic amines) is 1. The molecule has 1 saturated heterocycles. The van der Waals surface area contributed by atoms with E-state index in [0.717, 1.165) is 65.7 Å². The molecule has 5 aromatic rings. The summed E-state index contributed by atoms with van der Waals surface area (Å²) in [6.07, 6.45) is 6.97. The van der Waals surface area contributed by atoms with Crippen molar-refractivity contribution in [1.82, 2.24) is 36.8 Å². The van der Waals surface area contributed by atoms with Crippen molar-refractivity contribution in [1.29, 1.82) is 0 Å². The minimum absolute atomic E-state index is 0.0106. The number of thioether (sulfide) groups is 1. The van der Waals surface area contributed by atoms with Crippen LogP contribution in [0.15, 0.2) is 130 Å². The second-order valence-electron chi connectivity index (χ2n) is 34.7. The second-order valence-corrected chi connectivity index (χ2v) is 39.3. The van der Waals surface area contributed by atoms with E-state index in [9.17, 15) is 108 Å². The van der Waals surface area contributed by atoms with Crippen LogP contribution in [0.2, 0.25) is 0 Å². The SMILES string of the molecule is CCCCN(CC)c1ccc2c(C(C)(C)C)cc(/C=C/C=C3\N(CCCS(=O)(=O)O)c4ccc(S(=O)(=O)O)cc4C3(C)CCCC(=O)NCCN3C(=O)CC(SC[C@H](CC(=O)[C@H](CC(=O)O)NC(=O)[C@@H](N)CNC(=O)[C@@H](CC(=O)[C@H](Cc4ccccc4)NC(=O)CCCCCCCCC(=O)CC[C@H](NC(=S)N[C@@H](CCC(=O)O)OC=O)C(=O)O)Cc4ccccc4)C(=O)O)C3=O)[o+]c2c1. The van der Waals surface area contributed by atoms with Crippen LogP contribution in [0.5, 0.6) is 0 Å². The van der Waals surface area contributed by atoms with Crippen molar-refractivity contribution >= 4 is 161 Å². The van der Waals surface area contributed by atoms with E-state index < -0.39 is 186 Å². The van der Waals surface area contributed by atoms with Gasteiger partial charge in [-0.25, -0.2) is 9.21 Å². The number of ketones is 3. The number of amides is 6. The Balaban J connectivity index is 0.906. The van der Waals surface area contributed by atoms with Gasteiger partial charge >= 0.3 is 35.2 Å². The highest BCUT2D eigenvalue weighted by atomic mass is 32.2. The quantitative estimate of drug-likeness (QED) is 0.00328. The number of rotatable bonds is 61. The molecule has 6 amide bonds. The van der Waals surface area contributed by atoms with E-state index in [4.69, 9.17) is 32.2 Å². The number of anilines is 2. The third kappa shape index (κ3) is 35.4. The van der Waals surface area contributed by atoms with Crippen LogP contribution >= 0.6 is 24.0 Å². The number of allylic oxidation sites excluding steroid dienone is 3. The lowest BCUT2D eigenvalue weighted by atomic mass is 9.77. The molecule has 730 valence electrons. The first-order valence-corrected chi connectivity index (χ1v) is 49.4. The first-order valence-electron chi connectivity index (χ1n) is 44.9. The summed E-state index contributed by atoms with van der Waals surface area (Å²) in [7, 11) is -9.19. The molecule has 2 aliphatic rings. The van der Waals surface area contributed by atoms with Crippen LogP contribution in [0, 0.1) is 11.8 Å². The number of nitrogens with two attached hydrogens (primary N) is 1. The molecule has 36 nitrogen and oxygen atoms in total. The lowest BCUT2D eigenvalue weighted by Crippen LogP contribution is -2.53. The molecule has 0 bridgehead atoms. The summed E-state index contributed by atoms with van der Waals surface area (Å²) in [5.74, 6) is -14.7. The van der Waals surface area contributed by atoms with E-state index in [2.05, 4.69) is 83.6 Å². The Kier molecular flexibility index (Phi) is 43.4. The van der Waals surface area contributed by atoms with Crippen LogP contribution in [0.1, 0.15) is 211 Å². The Morgan fingerprint density at radius 1 is 0.672 bits per heavy atom. The van der Waals surface area contributed by atoms with E-state index in [0.29, 0.717) is 71.5 Å². The van der Waals surface area contributed by atoms with E-state index in [-0.39, 0.29) is 126 Å². The highest BCUT2D eigenvalue weighted by molar-refractivity contribution is 8.00. The normalized spacial score (nSPS) is 16.3. The summed E-state index contributed by atoms with van der Waals surface area (Å²) < 4.78 is 81.0. The van der Waals surface area contributed by atoms with Crippen LogP contribution in [0.25, 0.3) is 17.0 Å². The number of unbranched alkanes of at least 4 members (excludes halogenated alkanes) is 6. The number of aliphatic carboxylic acids is 4. The van der Waals surface area contributed by atoms with Gasteiger partial charge < -0.3 is 72.6 Å². The number of nitrogens with zero attached hydrogens (tertiary/aromatic N) is 3. The second kappa shape index (κ2) is 53.0. The number of hydrogen-bond acceptors (Lipinski definition) is 24. The van der Waals surface area contributed by atoms with Gasteiger partial charge in [0.2, 0.25) is 35.4 Å². The maximum Gasteiger partial charge on any atom is 0.363 e. The Bertz CT molecular complexity index is 5290. The molecule has 4 aromatic carbocycles. The number of ether oxygens (including phenoxy) is 1. The van der Waals surface area contributed by atoms with E-state index >= 15 is 0 Å². The minimum atomic E-state index is -4.77. The Morgan fingerprint density at radius 2 is 1.32 bits per heavy atom. The number of carboxylic acid groups (broad SMARTS) is 4. The van der Waals surface area contributed by atoms with Crippen LogP contribution in [-0.2, 0) is 116 Å².